The summed E-state index contributed by atoms with van der Waals surface area (Å²) in [7, 11) is 0. The summed E-state index contributed by atoms with van der Waals surface area (Å²) >= 11 is 0. The summed E-state index contributed by atoms with van der Waals surface area (Å²) in [6, 6.07) is -0.206. The molecule has 0 radical (unpaired) electrons. The van der Waals surface area contributed by atoms with Crippen molar-refractivity contribution in [3.63, 3.8) is 0 Å². The summed E-state index contributed by atoms with van der Waals surface area (Å²) in [6.07, 6.45) is 5.71. The van der Waals surface area contributed by atoms with Gasteiger partial charge in [0.2, 0.25) is 0 Å². The molecule has 3 aliphatic rings. The van der Waals surface area contributed by atoms with Crippen LogP contribution in [0, 0.1) is 17.8 Å². The summed E-state index contributed by atoms with van der Waals surface area (Å²) in [5.41, 5.74) is -1.56. The van der Waals surface area contributed by atoms with Crippen LogP contribution < -0.4 is 0 Å². The van der Waals surface area contributed by atoms with Gasteiger partial charge in [0.05, 0.1) is 34.4 Å². The van der Waals surface area contributed by atoms with Crippen LogP contribution in [0.25, 0.3) is 0 Å². The van der Waals surface area contributed by atoms with Crippen LogP contribution in [-0.4, -0.2) is 59.7 Å². The number of nitrogens with zero attached hydrogens (tertiary/aromatic N) is 3. The number of hydrogen-bond donors (Lipinski definition) is 1. The van der Waals surface area contributed by atoms with E-state index < -0.39 is 5.60 Å². The van der Waals surface area contributed by atoms with Gasteiger partial charge in [0.1, 0.15) is 0 Å². The van der Waals surface area contributed by atoms with Gasteiger partial charge >= 0.3 is 0 Å². The highest BCUT2D eigenvalue weighted by atomic mass is 16.5. The van der Waals surface area contributed by atoms with E-state index in [4.69, 9.17) is 4.74 Å². The Labute approximate surface area is 170 Å². The Morgan fingerprint density at radius 3 is 2.18 bits per heavy atom. The van der Waals surface area contributed by atoms with Crippen molar-refractivity contribution in [2.45, 2.75) is 108 Å². The third-order valence-corrected chi connectivity index (χ3v) is 8.50. The SMILES string of the molecule is C=N[C@@H]1[C@@H]2[C@@H]([C@@]3(C)CC[C@@H](C(C)(C)N=C)O3)CC[C@](C)(N=C)[C@H]2CC[C@@]1(C)O. The van der Waals surface area contributed by atoms with Gasteiger partial charge in [0.15, 0.2) is 0 Å². The zero-order valence-electron chi connectivity index (χ0n) is 18.4. The summed E-state index contributed by atoms with van der Waals surface area (Å²) in [6.45, 7) is 22.1. The Kier molecular flexibility index (Phi) is 5.42. The van der Waals surface area contributed by atoms with Crippen LogP contribution >= 0.6 is 0 Å². The van der Waals surface area contributed by atoms with Crippen molar-refractivity contribution in [2.24, 2.45) is 32.7 Å². The van der Waals surface area contributed by atoms with Crippen molar-refractivity contribution in [2.75, 3.05) is 0 Å². The summed E-state index contributed by atoms with van der Waals surface area (Å²) < 4.78 is 6.73. The molecule has 2 saturated carbocycles. The van der Waals surface area contributed by atoms with Crippen molar-refractivity contribution in [3.05, 3.63) is 0 Å². The molecule has 28 heavy (non-hydrogen) atoms. The molecule has 8 atom stereocenters. The molecule has 1 heterocycles. The molecule has 5 heteroatoms. The first-order valence-corrected chi connectivity index (χ1v) is 10.8. The largest absolute Gasteiger partial charge is 0.388 e. The monoisotopic (exact) mass is 389 g/mol. The molecule has 1 saturated heterocycles. The molecule has 0 aromatic rings. The van der Waals surface area contributed by atoms with E-state index in [-0.39, 0.29) is 34.7 Å². The first-order chi connectivity index (χ1) is 12.9. The fraction of sp³-hybridized carbons (Fsp3) is 0.870. The quantitative estimate of drug-likeness (QED) is 0.719. The van der Waals surface area contributed by atoms with E-state index in [1.54, 1.807) is 0 Å². The van der Waals surface area contributed by atoms with Crippen LogP contribution in [0.3, 0.4) is 0 Å². The molecule has 0 spiro atoms. The third kappa shape index (κ3) is 3.28. The van der Waals surface area contributed by atoms with Crippen molar-refractivity contribution >= 4 is 20.2 Å². The molecule has 158 valence electrons. The molecule has 1 aliphatic heterocycles. The van der Waals surface area contributed by atoms with E-state index >= 15 is 0 Å². The molecule has 0 aromatic heterocycles. The molecule has 3 rings (SSSR count). The molecular weight excluding hydrogens is 350 g/mol. The average molecular weight is 390 g/mol. The number of fused-ring (bicyclic) bond motifs is 1. The van der Waals surface area contributed by atoms with Crippen molar-refractivity contribution < 1.29 is 9.84 Å². The fourth-order valence-corrected chi connectivity index (χ4v) is 6.43. The topological polar surface area (TPSA) is 66.5 Å². The summed E-state index contributed by atoms with van der Waals surface area (Å²) in [4.78, 5) is 13.4. The van der Waals surface area contributed by atoms with Gasteiger partial charge in [-0.05, 0) is 111 Å². The Hall–Kier alpha value is -1.07. The lowest BCUT2D eigenvalue weighted by molar-refractivity contribution is -0.156. The van der Waals surface area contributed by atoms with Gasteiger partial charge in [0, 0.05) is 0 Å². The second kappa shape index (κ2) is 7.02. The lowest BCUT2D eigenvalue weighted by Crippen LogP contribution is -2.62. The fourth-order valence-electron chi connectivity index (χ4n) is 6.43. The zero-order chi connectivity index (χ0) is 21.0. The molecule has 0 unspecified atom stereocenters. The van der Waals surface area contributed by atoms with Crippen LogP contribution in [-0.2, 0) is 4.74 Å². The molecule has 0 aromatic carbocycles. The number of rotatable bonds is 5. The van der Waals surface area contributed by atoms with E-state index in [0.29, 0.717) is 11.8 Å². The number of aliphatic imine (C=N–C) groups is 3. The lowest BCUT2D eigenvalue weighted by atomic mass is 9.51. The van der Waals surface area contributed by atoms with Crippen LogP contribution in [0.2, 0.25) is 0 Å². The maximum absolute atomic E-state index is 11.1. The average Bonchev–Trinajstić information content (AvgIpc) is 3.05. The standard InChI is InChI=1S/C23H39N3O2/c1-20(2,25-7)17-11-14-23(5,28-17)16-9-12-21(3,26-8)15-10-13-22(4,27)19(24-6)18(15)16/h15-19,27H,6-14H2,1-5H3/t15-,16-,17-,18-,19+,21-,22+,23+/m0/s1. The first kappa shape index (κ1) is 21.6. The first-order valence-electron chi connectivity index (χ1n) is 10.8. The molecule has 5 nitrogen and oxygen atoms in total. The van der Waals surface area contributed by atoms with Crippen LogP contribution in [0.4, 0.5) is 0 Å². The highest BCUT2D eigenvalue weighted by Crippen LogP contribution is 2.58. The molecular formula is C23H39N3O2. The molecule has 1 N–H and O–H groups in total. The Balaban J connectivity index is 1.97. The Morgan fingerprint density at radius 1 is 0.964 bits per heavy atom. The van der Waals surface area contributed by atoms with E-state index in [1.807, 2.05) is 6.92 Å². The van der Waals surface area contributed by atoms with Gasteiger partial charge < -0.3 is 9.84 Å². The van der Waals surface area contributed by atoms with Crippen LogP contribution in [0.15, 0.2) is 15.0 Å². The molecule has 3 fully saturated rings. The predicted molar refractivity (Wildman–Crippen MR) is 117 cm³/mol. The number of ether oxygens (including phenoxy) is 1. The van der Waals surface area contributed by atoms with Crippen molar-refractivity contribution in [1.29, 1.82) is 0 Å². The highest BCUT2D eigenvalue weighted by molar-refractivity contribution is 5.30. The van der Waals surface area contributed by atoms with Gasteiger partial charge in [-0.2, -0.15) is 0 Å². The molecule has 0 amide bonds. The maximum atomic E-state index is 11.1. The Bertz CT molecular complexity index is 646. The second-order valence-electron chi connectivity index (χ2n) is 10.6. The number of hydrogen-bond acceptors (Lipinski definition) is 5. The minimum atomic E-state index is -0.836. The summed E-state index contributed by atoms with van der Waals surface area (Å²) in [5, 5.41) is 11.1. The normalized spacial score (nSPS) is 49.3. The highest BCUT2D eigenvalue weighted by Gasteiger charge is 2.61. The van der Waals surface area contributed by atoms with Gasteiger partial charge in [-0.1, -0.05) is 0 Å². The van der Waals surface area contributed by atoms with Gasteiger partial charge in [0.25, 0.3) is 0 Å². The minimum Gasteiger partial charge on any atom is -0.388 e. The maximum Gasteiger partial charge on any atom is 0.0844 e. The lowest BCUT2D eigenvalue weighted by Gasteiger charge is -2.58. The van der Waals surface area contributed by atoms with E-state index in [2.05, 4.69) is 62.8 Å². The van der Waals surface area contributed by atoms with Gasteiger partial charge in [-0.3, -0.25) is 15.0 Å². The number of aliphatic hydroxyl groups is 1. The van der Waals surface area contributed by atoms with Crippen LogP contribution in [0.1, 0.15) is 73.1 Å². The predicted octanol–water partition coefficient (Wildman–Crippen LogP) is 4.12. The van der Waals surface area contributed by atoms with Crippen molar-refractivity contribution in [1.82, 2.24) is 0 Å². The molecule has 2 aliphatic carbocycles. The Morgan fingerprint density at radius 2 is 1.61 bits per heavy atom. The molecule has 0 bridgehead atoms. The van der Waals surface area contributed by atoms with Gasteiger partial charge in [-0.25, -0.2) is 0 Å². The second-order valence-corrected chi connectivity index (χ2v) is 10.6. The van der Waals surface area contributed by atoms with E-state index in [1.165, 1.54) is 0 Å². The summed E-state index contributed by atoms with van der Waals surface area (Å²) in [5.74, 6) is 0.832. The smallest absolute Gasteiger partial charge is 0.0844 e. The van der Waals surface area contributed by atoms with E-state index in [9.17, 15) is 5.11 Å². The minimum absolute atomic E-state index is 0.0681. The van der Waals surface area contributed by atoms with E-state index in [0.717, 1.165) is 38.5 Å². The van der Waals surface area contributed by atoms with Crippen LogP contribution in [0.5, 0.6) is 0 Å². The zero-order valence-corrected chi connectivity index (χ0v) is 18.4. The van der Waals surface area contributed by atoms with Crippen molar-refractivity contribution in [3.8, 4) is 0 Å². The third-order valence-electron chi connectivity index (χ3n) is 8.50. The van der Waals surface area contributed by atoms with Gasteiger partial charge in [-0.15, -0.1) is 0 Å².